The van der Waals surface area contributed by atoms with Gasteiger partial charge in [0.2, 0.25) is 5.82 Å². The molecule has 98 valence electrons. The van der Waals surface area contributed by atoms with Crippen LogP contribution >= 0.6 is 0 Å². The zero-order valence-electron chi connectivity index (χ0n) is 10.2. The van der Waals surface area contributed by atoms with Crippen LogP contribution in [0.25, 0.3) is 11.1 Å². The molecule has 2 rings (SSSR count). The van der Waals surface area contributed by atoms with Crippen LogP contribution in [0.4, 0.5) is 8.78 Å². The highest BCUT2D eigenvalue weighted by molar-refractivity contribution is 5.65. The van der Waals surface area contributed by atoms with E-state index in [1.807, 2.05) is 12.1 Å². The van der Waals surface area contributed by atoms with Crippen LogP contribution in [0.1, 0.15) is 5.56 Å². The molecule has 0 unspecified atom stereocenters. The van der Waals surface area contributed by atoms with Gasteiger partial charge in [-0.25, -0.2) is 4.39 Å². The predicted octanol–water partition coefficient (Wildman–Crippen LogP) is 3.61. The molecule has 0 saturated carbocycles. The van der Waals surface area contributed by atoms with Gasteiger partial charge < -0.3 is 4.84 Å². The Labute approximate surface area is 110 Å². The Bertz CT molecular complexity index is 594. The first-order valence-electron chi connectivity index (χ1n) is 5.72. The summed E-state index contributed by atoms with van der Waals surface area (Å²) in [4.78, 5) is 4.24. The van der Waals surface area contributed by atoms with E-state index in [9.17, 15) is 8.78 Å². The molecule has 0 aliphatic rings. The van der Waals surface area contributed by atoms with Crippen LogP contribution in [0.3, 0.4) is 0 Å². The average Bonchev–Trinajstić information content (AvgIpc) is 2.43. The number of rotatable bonds is 4. The standard InChI is InChI=1S/C15H13F2NO/c1-2-3-10-4-6-11(7-5-10)12-8-9-13(19-18)15(17)14(12)16/h2,4-9H,1,3,18H2. The lowest BCUT2D eigenvalue weighted by molar-refractivity contribution is 0.308. The third-order valence-corrected chi connectivity index (χ3v) is 2.82. The highest BCUT2D eigenvalue weighted by Gasteiger charge is 2.15. The van der Waals surface area contributed by atoms with Gasteiger partial charge in [0.05, 0.1) is 0 Å². The molecule has 4 heteroatoms. The molecule has 0 aliphatic carbocycles. The van der Waals surface area contributed by atoms with Crippen LogP contribution in [-0.4, -0.2) is 0 Å². The molecule has 0 amide bonds. The molecule has 2 aromatic rings. The lowest BCUT2D eigenvalue weighted by Gasteiger charge is -2.08. The van der Waals surface area contributed by atoms with E-state index in [0.717, 1.165) is 12.0 Å². The molecule has 0 aromatic heterocycles. The summed E-state index contributed by atoms with van der Waals surface area (Å²) >= 11 is 0. The van der Waals surface area contributed by atoms with E-state index < -0.39 is 11.6 Å². The van der Waals surface area contributed by atoms with Crippen molar-refractivity contribution in [3.8, 4) is 16.9 Å². The van der Waals surface area contributed by atoms with Crippen LogP contribution in [0.15, 0.2) is 49.1 Å². The quantitative estimate of drug-likeness (QED) is 0.674. The number of halogens is 2. The number of nitrogens with two attached hydrogens (primary N) is 1. The number of hydrogen-bond acceptors (Lipinski definition) is 2. The van der Waals surface area contributed by atoms with Gasteiger partial charge in [0.25, 0.3) is 0 Å². The SMILES string of the molecule is C=CCc1ccc(-c2ccc(ON)c(F)c2F)cc1. The van der Waals surface area contributed by atoms with E-state index in [0.29, 0.717) is 5.56 Å². The summed E-state index contributed by atoms with van der Waals surface area (Å²) in [6.45, 7) is 3.65. The molecule has 0 atom stereocenters. The van der Waals surface area contributed by atoms with Gasteiger partial charge in [-0.2, -0.15) is 10.3 Å². The molecule has 19 heavy (non-hydrogen) atoms. The second-order valence-corrected chi connectivity index (χ2v) is 4.05. The fraction of sp³-hybridized carbons (Fsp3) is 0.0667. The van der Waals surface area contributed by atoms with Gasteiger partial charge in [0.15, 0.2) is 11.6 Å². The summed E-state index contributed by atoms with van der Waals surface area (Å²) in [6.07, 6.45) is 2.51. The molecular weight excluding hydrogens is 248 g/mol. The summed E-state index contributed by atoms with van der Waals surface area (Å²) in [6, 6.07) is 9.90. The van der Waals surface area contributed by atoms with Gasteiger partial charge in [0.1, 0.15) is 0 Å². The minimum absolute atomic E-state index is 0.170. The van der Waals surface area contributed by atoms with E-state index in [1.165, 1.54) is 12.1 Å². The van der Waals surface area contributed by atoms with E-state index in [2.05, 4.69) is 11.4 Å². The van der Waals surface area contributed by atoms with Crippen molar-refractivity contribution >= 4 is 0 Å². The van der Waals surface area contributed by atoms with E-state index >= 15 is 0 Å². The normalized spacial score (nSPS) is 10.3. The van der Waals surface area contributed by atoms with Crippen molar-refractivity contribution in [3.63, 3.8) is 0 Å². The third kappa shape index (κ3) is 2.63. The van der Waals surface area contributed by atoms with Crippen molar-refractivity contribution in [2.24, 2.45) is 5.90 Å². The Hall–Kier alpha value is -2.20. The summed E-state index contributed by atoms with van der Waals surface area (Å²) in [5.74, 6) is 2.47. The maximum atomic E-state index is 13.9. The van der Waals surface area contributed by atoms with Crippen molar-refractivity contribution in [1.29, 1.82) is 0 Å². The monoisotopic (exact) mass is 261 g/mol. The molecular formula is C15H13F2NO. The van der Waals surface area contributed by atoms with Gasteiger partial charge in [-0.3, -0.25) is 0 Å². The maximum absolute atomic E-state index is 13.9. The molecule has 0 aliphatic heterocycles. The summed E-state index contributed by atoms with van der Waals surface area (Å²) in [7, 11) is 0. The first-order valence-corrected chi connectivity index (χ1v) is 5.72. The predicted molar refractivity (Wildman–Crippen MR) is 70.5 cm³/mol. The lowest BCUT2D eigenvalue weighted by Crippen LogP contribution is -2.05. The van der Waals surface area contributed by atoms with E-state index in [1.54, 1.807) is 18.2 Å². The Morgan fingerprint density at radius 1 is 1.05 bits per heavy atom. The van der Waals surface area contributed by atoms with Crippen molar-refractivity contribution < 1.29 is 13.6 Å². The summed E-state index contributed by atoms with van der Waals surface area (Å²) in [5, 5.41) is 0. The van der Waals surface area contributed by atoms with Gasteiger partial charge in [0, 0.05) is 5.56 Å². The topological polar surface area (TPSA) is 35.2 Å². The zero-order valence-corrected chi connectivity index (χ0v) is 10.2. The Balaban J connectivity index is 2.41. The van der Waals surface area contributed by atoms with E-state index in [-0.39, 0.29) is 11.3 Å². The van der Waals surface area contributed by atoms with Crippen LogP contribution in [0.2, 0.25) is 0 Å². The van der Waals surface area contributed by atoms with Crippen LogP contribution in [0.5, 0.6) is 5.75 Å². The highest BCUT2D eigenvalue weighted by atomic mass is 19.2. The van der Waals surface area contributed by atoms with Gasteiger partial charge >= 0.3 is 0 Å². The van der Waals surface area contributed by atoms with Crippen LogP contribution < -0.4 is 10.7 Å². The van der Waals surface area contributed by atoms with Gasteiger partial charge in [-0.05, 0) is 29.7 Å². The number of hydrogen-bond donors (Lipinski definition) is 1. The van der Waals surface area contributed by atoms with Crippen molar-refractivity contribution in [3.05, 3.63) is 66.3 Å². The maximum Gasteiger partial charge on any atom is 0.203 e. The second-order valence-electron chi connectivity index (χ2n) is 4.05. The molecule has 2 aromatic carbocycles. The minimum atomic E-state index is -1.09. The second kappa shape index (κ2) is 5.63. The Morgan fingerprint density at radius 3 is 2.32 bits per heavy atom. The van der Waals surface area contributed by atoms with Crippen molar-refractivity contribution in [2.45, 2.75) is 6.42 Å². The summed E-state index contributed by atoms with van der Waals surface area (Å²) < 4.78 is 27.4. The summed E-state index contributed by atoms with van der Waals surface area (Å²) in [5.41, 5.74) is 1.82. The van der Waals surface area contributed by atoms with Gasteiger partial charge in [-0.1, -0.05) is 30.3 Å². The van der Waals surface area contributed by atoms with Gasteiger partial charge in [-0.15, -0.1) is 6.58 Å². The first kappa shape index (κ1) is 13.2. The number of allylic oxidation sites excluding steroid dienone is 1. The van der Waals surface area contributed by atoms with Crippen LogP contribution in [-0.2, 0) is 6.42 Å². The molecule has 0 heterocycles. The average molecular weight is 261 g/mol. The highest BCUT2D eigenvalue weighted by Crippen LogP contribution is 2.29. The minimum Gasteiger partial charge on any atom is -0.408 e. The fourth-order valence-corrected chi connectivity index (χ4v) is 1.83. The molecule has 0 spiro atoms. The van der Waals surface area contributed by atoms with E-state index in [4.69, 9.17) is 5.90 Å². The molecule has 0 bridgehead atoms. The molecule has 2 nitrogen and oxygen atoms in total. The Morgan fingerprint density at radius 2 is 1.74 bits per heavy atom. The third-order valence-electron chi connectivity index (χ3n) is 2.82. The lowest BCUT2D eigenvalue weighted by atomic mass is 10.0. The van der Waals surface area contributed by atoms with Crippen molar-refractivity contribution in [2.75, 3.05) is 0 Å². The molecule has 0 fully saturated rings. The largest absolute Gasteiger partial charge is 0.408 e. The smallest absolute Gasteiger partial charge is 0.203 e. The molecule has 2 N–H and O–H groups in total. The first-order chi connectivity index (χ1) is 9.17. The van der Waals surface area contributed by atoms with Crippen LogP contribution in [0, 0.1) is 11.6 Å². The molecule has 0 saturated heterocycles. The fourth-order valence-electron chi connectivity index (χ4n) is 1.83. The van der Waals surface area contributed by atoms with Crippen molar-refractivity contribution in [1.82, 2.24) is 0 Å². The zero-order chi connectivity index (χ0) is 13.8. The Kier molecular flexibility index (Phi) is 3.92. The molecule has 0 radical (unpaired) electrons. The number of benzene rings is 2.